The lowest BCUT2D eigenvalue weighted by Gasteiger charge is -2.15. The average Bonchev–Trinajstić information content (AvgIpc) is 3.14. The van der Waals surface area contributed by atoms with Gasteiger partial charge in [-0.3, -0.25) is 4.79 Å². The van der Waals surface area contributed by atoms with Crippen LogP contribution in [0.4, 0.5) is 17.6 Å². The molecule has 9 heteroatoms. The maximum Gasteiger partial charge on any atom is 0.394 e. The van der Waals surface area contributed by atoms with E-state index in [2.05, 4.69) is 15.0 Å². The number of nitrogens with one attached hydrogen (secondary N) is 1. The van der Waals surface area contributed by atoms with Gasteiger partial charge in [0.2, 0.25) is 0 Å². The largest absolute Gasteiger partial charge is 0.394 e. The number of aryl methyl sites for hydroxylation is 2. The molecule has 0 saturated carbocycles. The van der Waals surface area contributed by atoms with E-state index in [9.17, 15) is 22.4 Å². The first-order valence-electron chi connectivity index (χ1n) is 9.78. The van der Waals surface area contributed by atoms with Gasteiger partial charge in [-0.15, -0.1) is 0 Å². The number of amides is 1. The molecule has 2 heterocycles. The first kappa shape index (κ1) is 21.5. The molecule has 2 aromatic carbocycles. The Bertz CT molecular complexity index is 1280. The molecule has 5 nitrogen and oxygen atoms in total. The Kier molecular flexibility index (Phi) is 5.65. The number of benzene rings is 2. The van der Waals surface area contributed by atoms with Crippen LogP contribution in [0.3, 0.4) is 0 Å². The van der Waals surface area contributed by atoms with E-state index in [-0.39, 0.29) is 35.6 Å². The Hall–Kier alpha value is -3.75. The summed E-state index contributed by atoms with van der Waals surface area (Å²) in [7, 11) is 0. The Labute approximate surface area is 180 Å². The first-order valence-corrected chi connectivity index (χ1v) is 9.78. The Balaban J connectivity index is 1.76. The molecule has 0 atom stereocenters. The van der Waals surface area contributed by atoms with Crippen LogP contribution < -0.4 is 5.73 Å². The fourth-order valence-corrected chi connectivity index (χ4v) is 3.62. The maximum atomic E-state index is 13.6. The number of aromatic amines is 1. The summed E-state index contributed by atoms with van der Waals surface area (Å²) in [5, 5.41) is 0.631. The third kappa shape index (κ3) is 4.61. The average molecular weight is 442 g/mol. The molecule has 0 aliphatic heterocycles. The molecule has 0 unspecified atom stereocenters. The third-order valence-corrected chi connectivity index (χ3v) is 5.06. The predicted molar refractivity (Wildman–Crippen MR) is 111 cm³/mol. The second-order valence-electron chi connectivity index (χ2n) is 7.34. The monoisotopic (exact) mass is 442 g/mol. The number of hydrogen-bond donors (Lipinski definition) is 2. The number of nitrogens with two attached hydrogens (primary N) is 1. The molecule has 4 aromatic rings. The summed E-state index contributed by atoms with van der Waals surface area (Å²) in [5.41, 5.74) is 6.91. The van der Waals surface area contributed by atoms with E-state index in [1.165, 1.54) is 12.1 Å². The molecule has 3 N–H and O–H groups in total. The van der Waals surface area contributed by atoms with Gasteiger partial charge in [-0.25, -0.2) is 14.4 Å². The summed E-state index contributed by atoms with van der Waals surface area (Å²) < 4.78 is 53.5. The van der Waals surface area contributed by atoms with Crippen LogP contribution in [0.5, 0.6) is 0 Å². The van der Waals surface area contributed by atoms with Crippen molar-refractivity contribution in [1.82, 2.24) is 15.0 Å². The number of halogens is 4. The highest BCUT2D eigenvalue weighted by molar-refractivity contribution is 5.96. The van der Waals surface area contributed by atoms with Gasteiger partial charge in [0, 0.05) is 22.7 Å². The zero-order valence-electron chi connectivity index (χ0n) is 16.7. The number of rotatable bonds is 6. The van der Waals surface area contributed by atoms with E-state index < -0.39 is 24.3 Å². The third-order valence-electron chi connectivity index (χ3n) is 5.06. The second kappa shape index (κ2) is 8.41. The highest BCUT2D eigenvalue weighted by atomic mass is 19.4. The lowest BCUT2D eigenvalue weighted by atomic mass is 10.0. The van der Waals surface area contributed by atoms with E-state index in [0.29, 0.717) is 22.0 Å². The lowest BCUT2D eigenvalue weighted by Crippen LogP contribution is -2.21. The topological polar surface area (TPSA) is 84.7 Å². The Morgan fingerprint density at radius 3 is 2.44 bits per heavy atom. The van der Waals surface area contributed by atoms with Crippen molar-refractivity contribution in [1.29, 1.82) is 0 Å². The highest BCUT2D eigenvalue weighted by Gasteiger charge is 2.31. The van der Waals surface area contributed by atoms with Gasteiger partial charge in [-0.2, -0.15) is 13.2 Å². The summed E-state index contributed by atoms with van der Waals surface area (Å²) in [6, 6.07) is 12.6. The molecule has 0 aliphatic carbocycles. The summed E-state index contributed by atoms with van der Waals surface area (Å²) in [4.78, 5) is 23.4. The van der Waals surface area contributed by atoms with Crippen LogP contribution in [0, 0.1) is 5.82 Å². The van der Waals surface area contributed by atoms with Crippen LogP contribution in [0.25, 0.3) is 22.2 Å². The summed E-state index contributed by atoms with van der Waals surface area (Å²) in [6.07, 6.45) is -3.80. The number of carbonyl (C=O) groups is 1. The quantitative estimate of drug-likeness (QED) is 0.423. The number of aromatic nitrogens is 3. The van der Waals surface area contributed by atoms with Crippen molar-refractivity contribution in [3.05, 3.63) is 83.2 Å². The molecule has 0 saturated heterocycles. The smallest absolute Gasteiger partial charge is 0.364 e. The van der Waals surface area contributed by atoms with Crippen LogP contribution in [-0.2, 0) is 19.3 Å². The van der Waals surface area contributed by atoms with Gasteiger partial charge >= 0.3 is 6.18 Å². The van der Waals surface area contributed by atoms with E-state index in [1.54, 1.807) is 42.6 Å². The van der Waals surface area contributed by atoms with Gasteiger partial charge < -0.3 is 10.7 Å². The van der Waals surface area contributed by atoms with E-state index in [0.717, 1.165) is 0 Å². The van der Waals surface area contributed by atoms with Gasteiger partial charge in [-0.05, 0) is 36.6 Å². The fraction of sp³-hybridized carbons (Fsp3) is 0.174. The van der Waals surface area contributed by atoms with Gasteiger partial charge in [-0.1, -0.05) is 30.3 Å². The van der Waals surface area contributed by atoms with Crippen LogP contribution in [-0.4, -0.2) is 27.0 Å². The van der Waals surface area contributed by atoms with Crippen LogP contribution in [0.2, 0.25) is 0 Å². The molecule has 0 bridgehead atoms. The molecule has 0 spiro atoms. The normalized spacial score (nSPS) is 11.8. The number of primary amides is 1. The Morgan fingerprint density at radius 2 is 1.75 bits per heavy atom. The molecule has 0 fully saturated rings. The molecule has 0 radical (unpaired) electrons. The minimum atomic E-state index is -4.52. The number of alkyl halides is 3. The summed E-state index contributed by atoms with van der Waals surface area (Å²) in [5.74, 6) is -1.30. The van der Waals surface area contributed by atoms with Crippen molar-refractivity contribution in [3.63, 3.8) is 0 Å². The molecule has 4 rings (SSSR count). The molecule has 2 aromatic heterocycles. The number of carbonyl (C=O) groups excluding carboxylic acids is 1. The molecule has 32 heavy (non-hydrogen) atoms. The van der Waals surface area contributed by atoms with Gasteiger partial charge in [0.05, 0.1) is 17.8 Å². The van der Waals surface area contributed by atoms with E-state index >= 15 is 0 Å². The van der Waals surface area contributed by atoms with Crippen LogP contribution >= 0.6 is 0 Å². The summed E-state index contributed by atoms with van der Waals surface area (Å²) in [6.45, 7) is 0. The van der Waals surface area contributed by atoms with Crippen molar-refractivity contribution in [2.75, 3.05) is 0 Å². The predicted octanol–water partition coefficient (Wildman–Crippen LogP) is 4.75. The first-order chi connectivity index (χ1) is 15.2. The van der Waals surface area contributed by atoms with Crippen LogP contribution in [0.15, 0.2) is 54.7 Å². The maximum absolute atomic E-state index is 13.6. The van der Waals surface area contributed by atoms with E-state index in [4.69, 9.17) is 5.73 Å². The molecular weight excluding hydrogens is 424 g/mol. The zero-order chi connectivity index (χ0) is 22.9. The molecule has 1 amide bonds. The van der Waals surface area contributed by atoms with Crippen molar-refractivity contribution in [3.8, 4) is 11.3 Å². The minimum absolute atomic E-state index is 0.00950. The van der Waals surface area contributed by atoms with Gasteiger partial charge in [0.25, 0.3) is 5.91 Å². The number of hydrogen-bond acceptors (Lipinski definition) is 3. The van der Waals surface area contributed by atoms with Gasteiger partial charge in [0.15, 0.2) is 5.69 Å². The zero-order valence-corrected chi connectivity index (χ0v) is 16.7. The fourth-order valence-electron chi connectivity index (χ4n) is 3.62. The van der Waals surface area contributed by atoms with Crippen molar-refractivity contribution in [2.24, 2.45) is 5.73 Å². The summed E-state index contributed by atoms with van der Waals surface area (Å²) >= 11 is 0. The molecule has 0 aliphatic rings. The highest BCUT2D eigenvalue weighted by Crippen LogP contribution is 2.28. The number of H-pyrrole nitrogens is 1. The number of fused-ring (bicyclic) bond motifs is 1. The standard InChI is InChI=1S/C23H18F4N4O/c24-15-7-9-17-16(10-15)14(12-29-17)6-8-18-19(11-23(25,26)27)31-20(21(30-18)22(28)32)13-4-2-1-3-5-13/h1-5,7,9-10,12,29H,6,8,11H2,(H2,28,32). The number of nitrogens with zero attached hydrogens (tertiary/aromatic N) is 2. The minimum Gasteiger partial charge on any atom is -0.364 e. The van der Waals surface area contributed by atoms with Crippen molar-refractivity contribution < 1.29 is 22.4 Å². The molecular formula is C23H18F4N4O. The van der Waals surface area contributed by atoms with Crippen LogP contribution in [0.1, 0.15) is 27.4 Å². The second-order valence-corrected chi connectivity index (χ2v) is 7.34. The Morgan fingerprint density at radius 1 is 1.00 bits per heavy atom. The van der Waals surface area contributed by atoms with Gasteiger partial charge in [0.1, 0.15) is 11.5 Å². The SMILES string of the molecule is NC(=O)c1nc(CCc2c[nH]c3ccc(F)cc23)c(CC(F)(F)F)nc1-c1ccccc1. The van der Waals surface area contributed by atoms with E-state index in [1.807, 2.05) is 0 Å². The van der Waals surface area contributed by atoms with Crippen molar-refractivity contribution in [2.45, 2.75) is 25.4 Å². The molecule has 164 valence electrons. The van der Waals surface area contributed by atoms with Crippen molar-refractivity contribution >= 4 is 16.8 Å². The lowest BCUT2D eigenvalue weighted by molar-refractivity contribution is -0.128.